The summed E-state index contributed by atoms with van der Waals surface area (Å²) in [5, 5.41) is 9.41. The predicted molar refractivity (Wildman–Crippen MR) is 46.1 cm³/mol. The molecule has 1 atom stereocenters. The molecule has 0 fully saturated rings. The quantitative estimate of drug-likeness (QED) is 0.463. The summed E-state index contributed by atoms with van der Waals surface area (Å²) >= 11 is 0. The van der Waals surface area contributed by atoms with Crippen molar-refractivity contribution in [1.82, 2.24) is 0 Å². The second-order valence-electron chi connectivity index (χ2n) is 3.57. The van der Waals surface area contributed by atoms with E-state index in [1.165, 1.54) is 13.8 Å². The predicted octanol–water partition coefficient (Wildman–Crippen LogP) is 2.93. The Hall–Kier alpha value is -1.10. The van der Waals surface area contributed by atoms with Crippen LogP contribution in [-0.4, -0.2) is 5.11 Å². The van der Waals surface area contributed by atoms with Crippen LogP contribution < -0.4 is 0 Å². The van der Waals surface area contributed by atoms with Crippen molar-refractivity contribution >= 4 is 0 Å². The van der Waals surface area contributed by atoms with Crippen LogP contribution in [-0.2, 0) is 0 Å². The first-order valence-corrected chi connectivity index (χ1v) is 4.37. The van der Waals surface area contributed by atoms with E-state index in [9.17, 15) is 22.7 Å². The summed E-state index contributed by atoms with van der Waals surface area (Å²) in [4.78, 5) is 0. The molecule has 1 rings (SSSR count). The number of benzene rings is 1. The molecule has 0 aliphatic rings. The van der Waals surface area contributed by atoms with Crippen molar-refractivity contribution in [2.45, 2.75) is 20.0 Å². The Morgan fingerprint density at radius 2 is 1.53 bits per heavy atom. The van der Waals surface area contributed by atoms with Crippen LogP contribution >= 0.6 is 0 Å². The molecule has 0 saturated heterocycles. The van der Waals surface area contributed by atoms with Gasteiger partial charge < -0.3 is 5.11 Å². The van der Waals surface area contributed by atoms with E-state index in [4.69, 9.17) is 0 Å². The second-order valence-corrected chi connectivity index (χ2v) is 3.57. The van der Waals surface area contributed by atoms with Crippen LogP contribution in [0.25, 0.3) is 0 Å². The Bertz CT molecular complexity index is 376. The highest BCUT2D eigenvalue weighted by molar-refractivity contribution is 5.24. The molecule has 1 N–H and O–H groups in total. The number of hydrogen-bond acceptors (Lipinski definition) is 1. The fourth-order valence-electron chi connectivity index (χ4n) is 1.18. The zero-order valence-corrected chi connectivity index (χ0v) is 8.19. The molecule has 1 aromatic rings. The van der Waals surface area contributed by atoms with E-state index in [1.807, 2.05) is 0 Å². The molecule has 0 spiro atoms. The lowest BCUT2D eigenvalue weighted by Gasteiger charge is -2.16. The molecule has 5 heteroatoms. The van der Waals surface area contributed by atoms with Crippen molar-refractivity contribution in [2.24, 2.45) is 5.92 Å². The van der Waals surface area contributed by atoms with Crippen molar-refractivity contribution in [3.63, 3.8) is 0 Å². The van der Waals surface area contributed by atoms with E-state index in [0.717, 1.165) is 0 Å². The Morgan fingerprint density at radius 1 is 1.00 bits per heavy atom. The summed E-state index contributed by atoms with van der Waals surface area (Å²) in [5.41, 5.74) is -0.830. The van der Waals surface area contributed by atoms with Gasteiger partial charge in [0, 0.05) is 6.07 Å². The Balaban J connectivity index is 3.36. The van der Waals surface area contributed by atoms with Gasteiger partial charge in [-0.05, 0) is 5.92 Å². The SMILES string of the molecule is CC(C)C(O)c1c(F)cc(F)c(F)c1F. The van der Waals surface area contributed by atoms with Gasteiger partial charge in [-0.1, -0.05) is 13.8 Å². The molecular weight excluding hydrogens is 212 g/mol. The largest absolute Gasteiger partial charge is 0.388 e. The molecule has 1 unspecified atom stereocenters. The van der Waals surface area contributed by atoms with Crippen LogP contribution in [0.4, 0.5) is 17.6 Å². The summed E-state index contributed by atoms with van der Waals surface area (Å²) < 4.78 is 51.5. The highest BCUT2D eigenvalue weighted by Crippen LogP contribution is 2.29. The molecule has 15 heavy (non-hydrogen) atoms. The fraction of sp³-hybridized carbons (Fsp3) is 0.400. The standard InChI is InChI=1S/C10H10F4O/c1-4(2)10(15)7-5(11)3-6(12)8(13)9(7)14/h3-4,10,15H,1-2H3. The minimum absolute atomic E-state index is 0.222. The minimum atomic E-state index is -1.77. The maximum absolute atomic E-state index is 13.1. The maximum Gasteiger partial charge on any atom is 0.194 e. The van der Waals surface area contributed by atoms with Gasteiger partial charge in [0.1, 0.15) is 5.82 Å². The molecule has 0 saturated carbocycles. The second kappa shape index (κ2) is 4.18. The van der Waals surface area contributed by atoms with E-state index < -0.39 is 40.9 Å². The van der Waals surface area contributed by atoms with E-state index in [-0.39, 0.29) is 6.07 Å². The number of hydrogen-bond donors (Lipinski definition) is 1. The highest BCUT2D eigenvalue weighted by Gasteiger charge is 2.25. The first-order chi connectivity index (χ1) is 6.86. The van der Waals surface area contributed by atoms with E-state index in [2.05, 4.69) is 0 Å². The molecule has 0 amide bonds. The van der Waals surface area contributed by atoms with Gasteiger partial charge >= 0.3 is 0 Å². The van der Waals surface area contributed by atoms with Crippen molar-refractivity contribution in [1.29, 1.82) is 0 Å². The lowest BCUT2D eigenvalue weighted by Crippen LogP contribution is -2.12. The first kappa shape index (κ1) is 12.0. The average Bonchev–Trinajstić information content (AvgIpc) is 2.14. The first-order valence-electron chi connectivity index (χ1n) is 4.37. The van der Waals surface area contributed by atoms with Crippen LogP contribution in [0.3, 0.4) is 0 Å². The fourth-order valence-corrected chi connectivity index (χ4v) is 1.18. The van der Waals surface area contributed by atoms with Gasteiger partial charge in [0.2, 0.25) is 0 Å². The van der Waals surface area contributed by atoms with Gasteiger partial charge in [0.05, 0.1) is 11.7 Å². The van der Waals surface area contributed by atoms with Crippen LogP contribution in [0.15, 0.2) is 6.07 Å². The zero-order valence-electron chi connectivity index (χ0n) is 8.19. The molecule has 0 aliphatic carbocycles. The van der Waals surface area contributed by atoms with E-state index in [1.54, 1.807) is 0 Å². The normalized spacial score (nSPS) is 13.3. The minimum Gasteiger partial charge on any atom is -0.388 e. The van der Waals surface area contributed by atoms with Gasteiger partial charge in [0.15, 0.2) is 17.5 Å². The molecule has 1 nitrogen and oxygen atoms in total. The number of rotatable bonds is 2. The summed E-state index contributed by atoms with van der Waals surface area (Å²) in [6.45, 7) is 3.01. The lowest BCUT2D eigenvalue weighted by molar-refractivity contribution is 0.117. The van der Waals surface area contributed by atoms with Gasteiger partial charge in [-0.2, -0.15) is 0 Å². The molecule has 0 aromatic heterocycles. The molecule has 1 aromatic carbocycles. The van der Waals surface area contributed by atoms with Crippen molar-refractivity contribution < 1.29 is 22.7 Å². The van der Waals surface area contributed by atoms with E-state index >= 15 is 0 Å². The van der Waals surface area contributed by atoms with Crippen LogP contribution in [0.1, 0.15) is 25.5 Å². The lowest BCUT2D eigenvalue weighted by atomic mass is 9.98. The molecule has 0 aliphatic heterocycles. The number of aliphatic hydroxyl groups excluding tert-OH is 1. The van der Waals surface area contributed by atoms with Crippen LogP contribution in [0.2, 0.25) is 0 Å². The van der Waals surface area contributed by atoms with Gasteiger partial charge in [0.25, 0.3) is 0 Å². The molecule has 0 radical (unpaired) electrons. The summed E-state index contributed by atoms with van der Waals surface area (Å²) in [6.07, 6.45) is -1.50. The smallest absolute Gasteiger partial charge is 0.194 e. The van der Waals surface area contributed by atoms with Crippen molar-refractivity contribution in [2.75, 3.05) is 0 Å². The topological polar surface area (TPSA) is 20.2 Å². The third-order valence-electron chi connectivity index (χ3n) is 2.08. The Morgan fingerprint density at radius 3 is 2.00 bits per heavy atom. The highest BCUT2D eigenvalue weighted by atomic mass is 19.2. The molecule has 0 heterocycles. The molecular formula is C10H10F4O. The van der Waals surface area contributed by atoms with E-state index in [0.29, 0.717) is 0 Å². The van der Waals surface area contributed by atoms with Gasteiger partial charge in [-0.3, -0.25) is 0 Å². The summed E-state index contributed by atoms with van der Waals surface area (Å²) in [5.74, 6) is -6.84. The number of halogens is 4. The summed E-state index contributed by atoms with van der Waals surface area (Å²) in [7, 11) is 0. The Labute approximate surface area is 84.3 Å². The van der Waals surface area contributed by atoms with Crippen molar-refractivity contribution in [3.8, 4) is 0 Å². The van der Waals surface area contributed by atoms with Gasteiger partial charge in [-0.25, -0.2) is 17.6 Å². The van der Waals surface area contributed by atoms with Crippen LogP contribution in [0, 0.1) is 29.2 Å². The molecule has 84 valence electrons. The monoisotopic (exact) mass is 222 g/mol. The maximum atomic E-state index is 13.1. The number of aliphatic hydroxyl groups is 1. The Kier molecular flexibility index (Phi) is 3.34. The van der Waals surface area contributed by atoms with Gasteiger partial charge in [-0.15, -0.1) is 0 Å². The average molecular weight is 222 g/mol. The van der Waals surface area contributed by atoms with Crippen molar-refractivity contribution in [3.05, 3.63) is 34.9 Å². The summed E-state index contributed by atoms with van der Waals surface area (Å²) in [6, 6.07) is 0.222. The molecule has 0 bridgehead atoms. The third kappa shape index (κ3) is 2.12. The third-order valence-corrected chi connectivity index (χ3v) is 2.08. The van der Waals surface area contributed by atoms with Crippen LogP contribution in [0.5, 0.6) is 0 Å². The zero-order chi connectivity index (χ0) is 11.7.